The summed E-state index contributed by atoms with van der Waals surface area (Å²) >= 11 is 6.66. The van der Waals surface area contributed by atoms with Gasteiger partial charge in [-0.25, -0.2) is 0 Å². The molecule has 1 aromatic rings. The Kier molecular flexibility index (Phi) is 6.82. The van der Waals surface area contributed by atoms with E-state index in [1.54, 1.807) is 0 Å². The monoisotopic (exact) mass is 387 g/mol. The van der Waals surface area contributed by atoms with Crippen LogP contribution in [0.5, 0.6) is 0 Å². The second-order valence-electron chi connectivity index (χ2n) is 9.70. The summed E-state index contributed by atoms with van der Waals surface area (Å²) in [5.74, 6) is 0.709. The van der Waals surface area contributed by atoms with E-state index in [2.05, 4.69) is 23.1 Å². The molecule has 1 aromatic carbocycles. The number of hydrogen-bond acceptors (Lipinski definition) is 1. The SMILES string of the molecule is Clc1cc(CCCN2CCC3(CCCCC3)CC2)ccc1C1CCCCC1. The molecule has 0 radical (unpaired) electrons. The summed E-state index contributed by atoms with van der Waals surface area (Å²) in [6.07, 6.45) is 19.6. The highest BCUT2D eigenvalue weighted by atomic mass is 35.5. The van der Waals surface area contributed by atoms with Crippen LogP contribution >= 0.6 is 11.6 Å². The first-order valence-corrected chi connectivity index (χ1v) is 12.1. The summed E-state index contributed by atoms with van der Waals surface area (Å²) in [6.45, 7) is 3.93. The number of rotatable bonds is 5. The standard InChI is InChI=1S/C25H38ClN/c26-24-20-21(11-12-23(24)22-9-3-1-4-10-22)8-7-17-27-18-15-25(16-19-27)13-5-2-6-14-25/h11-12,20,22H,1-10,13-19H2. The molecule has 1 aliphatic heterocycles. The Morgan fingerprint density at radius 3 is 2.30 bits per heavy atom. The molecule has 27 heavy (non-hydrogen) atoms. The third kappa shape index (κ3) is 5.10. The van der Waals surface area contributed by atoms with Crippen LogP contribution in [0.1, 0.15) is 101 Å². The van der Waals surface area contributed by atoms with Crippen molar-refractivity contribution >= 4 is 11.6 Å². The quantitative estimate of drug-likeness (QED) is 0.509. The van der Waals surface area contributed by atoms with Gasteiger partial charge in [0, 0.05) is 5.02 Å². The van der Waals surface area contributed by atoms with Gasteiger partial charge in [-0.2, -0.15) is 0 Å². The highest BCUT2D eigenvalue weighted by Gasteiger charge is 2.35. The van der Waals surface area contributed by atoms with Crippen molar-refractivity contribution in [2.24, 2.45) is 5.41 Å². The summed E-state index contributed by atoms with van der Waals surface area (Å²) in [5.41, 5.74) is 3.58. The Morgan fingerprint density at radius 2 is 1.59 bits per heavy atom. The van der Waals surface area contributed by atoms with Crippen molar-refractivity contribution in [1.29, 1.82) is 0 Å². The number of piperidine rings is 1. The Hall–Kier alpha value is -0.530. The Morgan fingerprint density at radius 1 is 0.889 bits per heavy atom. The van der Waals surface area contributed by atoms with Gasteiger partial charge < -0.3 is 4.90 Å². The van der Waals surface area contributed by atoms with Gasteiger partial charge in [-0.15, -0.1) is 0 Å². The number of benzene rings is 1. The van der Waals surface area contributed by atoms with E-state index in [0.717, 1.165) is 10.4 Å². The van der Waals surface area contributed by atoms with Gasteiger partial charge >= 0.3 is 0 Å². The minimum absolute atomic E-state index is 0.709. The normalized spacial score (nSPS) is 24.3. The van der Waals surface area contributed by atoms with E-state index >= 15 is 0 Å². The maximum absolute atomic E-state index is 6.66. The van der Waals surface area contributed by atoms with Crippen LogP contribution in [0.15, 0.2) is 18.2 Å². The van der Waals surface area contributed by atoms with Gasteiger partial charge in [0.2, 0.25) is 0 Å². The fourth-order valence-electron chi connectivity index (χ4n) is 6.03. The largest absolute Gasteiger partial charge is 0.303 e. The van der Waals surface area contributed by atoms with E-state index in [0.29, 0.717) is 5.92 Å². The van der Waals surface area contributed by atoms with Gasteiger partial charge in [0.1, 0.15) is 0 Å². The van der Waals surface area contributed by atoms with E-state index in [-0.39, 0.29) is 0 Å². The molecule has 4 rings (SSSR count). The lowest BCUT2D eigenvalue weighted by Crippen LogP contribution is -2.41. The molecule has 1 saturated heterocycles. The molecule has 1 heterocycles. The molecule has 3 aliphatic rings. The third-order valence-electron chi connectivity index (χ3n) is 7.88. The van der Waals surface area contributed by atoms with Crippen LogP contribution in [-0.4, -0.2) is 24.5 Å². The summed E-state index contributed by atoms with van der Waals surface area (Å²) in [5, 5.41) is 1.02. The molecular weight excluding hydrogens is 350 g/mol. The predicted molar refractivity (Wildman–Crippen MR) is 117 cm³/mol. The van der Waals surface area contributed by atoms with E-state index in [1.165, 1.54) is 121 Å². The maximum atomic E-state index is 6.66. The lowest BCUT2D eigenvalue weighted by atomic mass is 9.68. The topological polar surface area (TPSA) is 3.24 Å². The number of halogens is 1. The molecule has 150 valence electrons. The second-order valence-corrected chi connectivity index (χ2v) is 10.1. The molecule has 3 fully saturated rings. The van der Waals surface area contributed by atoms with Crippen LogP contribution in [-0.2, 0) is 6.42 Å². The smallest absolute Gasteiger partial charge is 0.0443 e. The Labute approximate surface area is 171 Å². The van der Waals surface area contributed by atoms with Crippen molar-refractivity contribution in [1.82, 2.24) is 4.90 Å². The molecule has 1 spiro atoms. The Balaban J connectivity index is 1.22. The van der Waals surface area contributed by atoms with Gasteiger partial charge in [0.05, 0.1) is 0 Å². The molecule has 0 atom stereocenters. The Bertz CT molecular complexity index is 588. The first kappa shape index (κ1) is 19.8. The average molecular weight is 388 g/mol. The summed E-state index contributed by atoms with van der Waals surface area (Å²) in [4.78, 5) is 2.72. The number of nitrogens with zero attached hydrogens (tertiary/aromatic N) is 1. The molecule has 0 amide bonds. The van der Waals surface area contributed by atoms with Crippen LogP contribution in [0.4, 0.5) is 0 Å². The number of likely N-dealkylation sites (tertiary alicyclic amines) is 1. The zero-order valence-corrected chi connectivity index (χ0v) is 17.9. The zero-order chi connectivity index (χ0) is 18.5. The first-order valence-electron chi connectivity index (χ1n) is 11.7. The maximum Gasteiger partial charge on any atom is 0.0443 e. The fraction of sp³-hybridized carbons (Fsp3) is 0.760. The van der Waals surface area contributed by atoms with Crippen molar-refractivity contribution in [2.75, 3.05) is 19.6 Å². The molecule has 0 bridgehead atoms. The van der Waals surface area contributed by atoms with Gasteiger partial charge in [0.15, 0.2) is 0 Å². The first-order chi connectivity index (χ1) is 13.2. The molecule has 2 aliphatic carbocycles. The molecule has 0 N–H and O–H groups in total. The van der Waals surface area contributed by atoms with Crippen LogP contribution in [0.2, 0.25) is 5.02 Å². The molecular formula is C25H38ClN. The van der Waals surface area contributed by atoms with Crippen molar-refractivity contribution in [3.05, 3.63) is 34.3 Å². The van der Waals surface area contributed by atoms with E-state index in [4.69, 9.17) is 11.6 Å². The van der Waals surface area contributed by atoms with E-state index in [9.17, 15) is 0 Å². The number of aryl methyl sites for hydroxylation is 1. The lowest BCUT2D eigenvalue weighted by molar-refractivity contribution is 0.0674. The van der Waals surface area contributed by atoms with Gasteiger partial charge in [-0.05, 0) is 99.5 Å². The van der Waals surface area contributed by atoms with Crippen LogP contribution in [0.25, 0.3) is 0 Å². The molecule has 0 unspecified atom stereocenters. The highest BCUT2D eigenvalue weighted by molar-refractivity contribution is 6.31. The van der Waals surface area contributed by atoms with Crippen LogP contribution in [0, 0.1) is 5.41 Å². The van der Waals surface area contributed by atoms with Crippen LogP contribution < -0.4 is 0 Å². The van der Waals surface area contributed by atoms with E-state index < -0.39 is 0 Å². The summed E-state index contributed by atoms with van der Waals surface area (Å²) in [6, 6.07) is 6.95. The molecule has 2 saturated carbocycles. The van der Waals surface area contributed by atoms with Crippen LogP contribution in [0.3, 0.4) is 0 Å². The van der Waals surface area contributed by atoms with Gasteiger partial charge in [-0.3, -0.25) is 0 Å². The minimum atomic E-state index is 0.709. The summed E-state index contributed by atoms with van der Waals surface area (Å²) in [7, 11) is 0. The van der Waals surface area contributed by atoms with Gasteiger partial charge in [0.25, 0.3) is 0 Å². The molecule has 2 heteroatoms. The third-order valence-corrected chi connectivity index (χ3v) is 8.21. The number of hydrogen-bond donors (Lipinski definition) is 0. The highest BCUT2D eigenvalue weighted by Crippen LogP contribution is 2.44. The lowest BCUT2D eigenvalue weighted by Gasteiger charge is -2.44. The molecule has 1 nitrogen and oxygen atoms in total. The fourth-order valence-corrected chi connectivity index (χ4v) is 6.39. The van der Waals surface area contributed by atoms with Gasteiger partial charge in [-0.1, -0.05) is 62.3 Å². The second kappa shape index (κ2) is 9.31. The van der Waals surface area contributed by atoms with Crippen molar-refractivity contribution in [2.45, 2.75) is 95.8 Å². The minimum Gasteiger partial charge on any atom is -0.303 e. The predicted octanol–water partition coefficient (Wildman–Crippen LogP) is 7.37. The van der Waals surface area contributed by atoms with Crippen molar-refractivity contribution in [3.8, 4) is 0 Å². The van der Waals surface area contributed by atoms with E-state index in [1.807, 2.05) is 0 Å². The average Bonchev–Trinajstić information content (AvgIpc) is 2.71. The summed E-state index contributed by atoms with van der Waals surface area (Å²) < 4.78 is 0. The van der Waals surface area contributed by atoms with Crippen molar-refractivity contribution in [3.63, 3.8) is 0 Å². The zero-order valence-electron chi connectivity index (χ0n) is 17.2. The van der Waals surface area contributed by atoms with Crippen molar-refractivity contribution < 1.29 is 0 Å². The molecule has 0 aromatic heterocycles.